The van der Waals surface area contributed by atoms with Gasteiger partial charge in [0.05, 0.1) is 5.41 Å². The minimum atomic E-state index is -0.432. The van der Waals surface area contributed by atoms with Gasteiger partial charge in [0.1, 0.15) is 0 Å². The maximum Gasteiger partial charge on any atom is 0.319 e. The molecule has 92 valence electrons. The van der Waals surface area contributed by atoms with Crippen LogP contribution in [-0.4, -0.2) is 55.5 Å². The van der Waals surface area contributed by atoms with Crippen LogP contribution in [0.15, 0.2) is 0 Å². The lowest BCUT2D eigenvalue weighted by molar-refractivity contribution is -0.128. The summed E-state index contributed by atoms with van der Waals surface area (Å²) in [5.41, 5.74) is -0.432. The van der Waals surface area contributed by atoms with Gasteiger partial charge in [-0.3, -0.25) is 4.79 Å². The van der Waals surface area contributed by atoms with E-state index in [4.69, 9.17) is 0 Å². The van der Waals surface area contributed by atoms with E-state index in [-0.39, 0.29) is 11.9 Å². The van der Waals surface area contributed by atoms with Gasteiger partial charge in [-0.1, -0.05) is 0 Å². The van der Waals surface area contributed by atoms with Crippen molar-refractivity contribution in [2.24, 2.45) is 5.41 Å². The maximum absolute atomic E-state index is 11.9. The Hall–Kier alpha value is -1.26. The fraction of sp³-hybridized carbons (Fsp3) is 0.818. The molecule has 16 heavy (non-hydrogen) atoms. The van der Waals surface area contributed by atoms with Gasteiger partial charge in [0, 0.05) is 33.7 Å². The molecule has 0 aromatic heterocycles. The number of urea groups is 1. The maximum atomic E-state index is 11.9. The summed E-state index contributed by atoms with van der Waals surface area (Å²) in [5.74, 6) is 0.0157. The standard InChI is InChI=1S/C11H21N3O2/c1-5-13(4)10(16)14-7-6-11(2,8-14)9(15)12-3/h5-8H2,1-4H3,(H,12,15). The smallest absolute Gasteiger partial charge is 0.319 e. The minimum Gasteiger partial charge on any atom is -0.359 e. The highest BCUT2D eigenvalue weighted by atomic mass is 16.2. The van der Waals surface area contributed by atoms with Crippen LogP contribution < -0.4 is 5.32 Å². The van der Waals surface area contributed by atoms with Crippen LogP contribution in [0.4, 0.5) is 4.79 Å². The van der Waals surface area contributed by atoms with Crippen molar-refractivity contribution in [1.82, 2.24) is 15.1 Å². The van der Waals surface area contributed by atoms with Crippen molar-refractivity contribution in [3.05, 3.63) is 0 Å². The lowest BCUT2D eigenvalue weighted by Gasteiger charge is -2.26. The molecule has 1 rings (SSSR count). The predicted octanol–water partition coefficient (Wildman–Crippen LogP) is 0.516. The zero-order valence-corrected chi connectivity index (χ0v) is 10.5. The van der Waals surface area contributed by atoms with E-state index in [0.29, 0.717) is 19.6 Å². The third-order valence-electron chi connectivity index (χ3n) is 3.32. The zero-order chi connectivity index (χ0) is 12.3. The van der Waals surface area contributed by atoms with Crippen LogP contribution in [0.3, 0.4) is 0 Å². The molecule has 5 heteroatoms. The Morgan fingerprint density at radius 1 is 1.50 bits per heavy atom. The van der Waals surface area contributed by atoms with Crippen LogP contribution >= 0.6 is 0 Å². The first kappa shape index (κ1) is 12.8. The van der Waals surface area contributed by atoms with Crippen molar-refractivity contribution in [1.29, 1.82) is 0 Å². The molecule has 1 fully saturated rings. The third kappa shape index (κ3) is 2.28. The highest BCUT2D eigenvalue weighted by Gasteiger charge is 2.41. The topological polar surface area (TPSA) is 52.7 Å². The molecule has 0 spiro atoms. The SMILES string of the molecule is CCN(C)C(=O)N1CCC(C)(C(=O)NC)C1. The Labute approximate surface area is 96.8 Å². The lowest BCUT2D eigenvalue weighted by Crippen LogP contribution is -2.43. The average molecular weight is 227 g/mol. The Balaban J connectivity index is 2.65. The second-order valence-electron chi connectivity index (χ2n) is 4.61. The van der Waals surface area contributed by atoms with Gasteiger partial charge in [0.2, 0.25) is 5.91 Å². The summed E-state index contributed by atoms with van der Waals surface area (Å²) in [7, 11) is 3.41. The molecule has 1 heterocycles. The summed E-state index contributed by atoms with van der Waals surface area (Å²) in [5, 5.41) is 2.66. The number of likely N-dealkylation sites (tertiary alicyclic amines) is 1. The molecule has 0 aromatic carbocycles. The van der Waals surface area contributed by atoms with Gasteiger partial charge < -0.3 is 15.1 Å². The van der Waals surface area contributed by atoms with Crippen molar-refractivity contribution in [3.8, 4) is 0 Å². The van der Waals surface area contributed by atoms with Crippen molar-refractivity contribution in [2.45, 2.75) is 20.3 Å². The van der Waals surface area contributed by atoms with Gasteiger partial charge in [0.25, 0.3) is 0 Å². The van der Waals surface area contributed by atoms with E-state index >= 15 is 0 Å². The second-order valence-corrected chi connectivity index (χ2v) is 4.61. The number of nitrogens with zero attached hydrogens (tertiary/aromatic N) is 2. The van der Waals surface area contributed by atoms with E-state index < -0.39 is 5.41 Å². The van der Waals surface area contributed by atoms with Crippen molar-refractivity contribution in [2.75, 3.05) is 33.7 Å². The summed E-state index contributed by atoms with van der Waals surface area (Å²) >= 11 is 0. The van der Waals surface area contributed by atoms with Gasteiger partial charge in [-0.05, 0) is 20.3 Å². The molecular formula is C11H21N3O2. The molecule has 0 aliphatic carbocycles. The normalized spacial score (nSPS) is 24.4. The summed E-state index contributed by atoms with van der Waals surface area (Å²) < 4.78 is 0. The quantitative estimate of drug-likeness (QED) is 0.747. The van der Waals surface area contributed by atoms with Gasteiger partial charge >= 0.3 is 6.03 Å². The summed E-state index contributed by atoms with van der Waals surface area (Å²) in [4.78, 5) is 27.0. The average Bonchev–Trinajstić information content (AvgIpc) is 2.70. The molecule has 0 saturated carbocycles. The molecule has 1 saturated heterocycles. The molecule has 1 atom stereocenters. The van der Waals surface area contributed by atoms with Crippen LogP contribution in [0.25, 0.3) is 0 Å². The zero-order valence-electron chi connectivity index (χ0n) is 10.5. The molecule has 5 nitrogen and oxygen atoms in total. The van der Waals surface area contributed by atoms with E-state index in [1.807, 2.05) is 13.8 Å². The molecule has 0 radical (unpaired) electrons. The Bertz CT molecular complexity index is 293. The van der Waals surface area contributed by atoms with E-state index in [1.165, 1.54) is 0 Å². The Kier molecular flexibility index (Phi) is 3.78. The molecule has 0 aromatic rings. The molecular weight excluding hydrogens is 206 g/mol. The Morgan fingerprint density at radius 2 is 2.12 bits per heavy atom. The first-order chi connectivity index (χ1) is 7.44. The summed E-state index contributed by atoms with van der Waals surface area (Å²) in [6, 6.07) is 0.00938. The molecule has 1 unspecified atom stereocenters. The van der Waals surface area contributed by atoms with Gasteiger partial charge in [-0.2, -0.15) is 0 Å². The lowest BCUT2D eigenvalue weighted by atomic mass is 9.89. The third-order valence-corrected chi connectivity index (χ3v) is 3.32. The van der Waals surface area contributed by atoms with Crippen LogP contribution in [-0.2, 0) is 4.79 Å². The van der Waals surface area contributed by atoms with Crippen LogP contribution in [0.1, 0.15) is 20.3 Å². The minimum absolute atomic E-state index is 0.00938. The van der Waals surface area contributed by atoms with Gasteiger partial charge in [-0.25, -0.2) is 4.79 Å². The monoisotopic (exact) mass is 227 g/mol. The molecule has 1 aliphatic heterocycles. The number of carbonyl (C=O) groups excluding carboxylic acids is 2. The van der Waals surface area contributed by atoms with Crippen molar-refractivity contribution in [3.63, 3.8) is 0 Å². The van der Waals surface area contributed by atoms with E-state index in [0.717, 1.165) is 6.42 Å². The van der Waals surface area contributed by atoms with Gasteiger partial charge in [-0.15, -0.1) is 0 Å². The number of nitrogens with one attached hydrogen (secondary N) is 1. The van der Waals surface area contributed by atoms with Crippen LogP contribution in [0.5, 0.6) is 0 Å². The van der Waals surface area contributed by atoms with E-state index in [2.05, 4.69) is 5.32 Å². The highest BCUT2D eigenvalue weighted by molar-refractivity contribution is 5.84. The van der Waals surface area contributed by atoms with Crippen molar-refractivity contribution >= 4 is 11.9 Å². The van der Waals surface area contributed by atoms with Crippen LogP contribution in [0, 0.1) is 5.41 Å². The largest absolute Gasteiger partial charge is 0.359 e. The molecule has 0 bridgehead atoms. The van der Waals surface area contributed by atoms with Crippen molar-refractivity contribution < 1.29 is 9.59 Å². The van der Waals surface area contributed by atoms with E-state index in [9.17, 15) is 9.59 Å². The number of amides is 3. The molecule has 1 aliphatic rings. The highest BCUT2D eigenvalue weighted by Crippen LogP contribution is 2.30. The molecule has 1 N–H and O–H groups in total. The number of carbonyl (C=O) groups is 2. The van der Waals surface area contributed by atoms with Crippen LogP contribution in [0.2, 0.25) is 0 Å². The fourth-order valence-electron chi connectivity index (χ4n) is 1.99. The second kappa shape index (κ2) is 4.72. The summed E-state index contributed by atoms with van der Waals surface area (Å²) in [6.45, 7) is 5.70. The van der Waals surface area contributed by atoms with Gasteiger partial charge in [0.15, 0.2) is 0 Å². The number of hydrogen-bond donors (Lipinski definition) is 1. The summed E-state index contributed by atoms with van der Waals surface area (Å²) in [6.07, 6.45) is 0.732. The fourth-order valence-corrected chi connectivity index (χ4v) is 1.99. The first-order valence-electron chi connectivity index (χ1n) is 5.67. The predicted molar refractivity (Wildman–Crippen MR) is 62.1 cm³/mol. The number of hydrogen-bond acceptors (Lipinski definition) is 2. The first-order valence-corrected chi connectivity index (χ1v) is 5.67. The molecule has 3 amide bonds. The van der Waals surface area contributed by atoms with E-state index in [1.54, 1.807) is 23.9 Å². The Morgan fingerprint density at radius 3 is 2.62 bits per heavy atom. The number of rotatable bonds is 2.